The molecule has 2 amide bonds. The van der Waals surface area contributed by atoms with E-state index in [1.54, 1.807) is 0 Å². The molecular formula is C21H28Cl2N4O2. The van der Waals surface area contributed by atoms with Gasteiger partial charge in [-0.15, -0.1) is 24.8 Å². The lowest BCUT2D eigenvalue weighted by atomic mass is 10.1. The molecule has 0 atom stereocenters. The van der Waals surface area contributed by atoms with Crippen molar-refractivity contribution in [3.8, 4) is 0 Å². The third-order valence-corrected chi connectivity index (χ3v) is 4.76. The van der Waals surface area contributed by atoms with Gasteiger partial charge in [0.15, 0.2) is 0 Å². The Morgan fingerprint density at radius 2 is 1.48 bits per heavy atom. The summed E-state index contributed by atoms with van der Waals surface area (Å²) in [7, 11) is 0. The minimum absolute atomic E-state index is 0. The predicted molar refractivity (Wildman–Crippen MR) is 120 cm³/mol. The molecule has 0 aliphatic carbocycles. The smallest absolute Gasteiger partial charge is 0.234 e. The van der Waals surface area contributed by atoms with Crippen LogP contribution in [-0.2, 0) is 22.6 Å². The molecule has 0 unspecified atom stereocenters. The standard InChI is InChI=1S/C21H26N4O2.2ClH/c22-19-8-6-17(7-9-19)14-21(27)25-12-10-24(11-13-25)16-20(26)23-15-18-4-2-1-3-5-18;;/h1-9H,10-16,22H2,(H,23,26);2*1H. The molecule has 1 saturated heterocycles. The molecule has 1 fully saturated rings. The normalized spacial score (nSPS) is 13.7. The van der Waals surface area contributed by atoms with Crippen molar-refractivity contribution in [2.75, 3.05) is 38.5 Å². The molecule has 8 heteroatoms. The molecule has 0 bridgehead atoms. The van der Waals surface area contributed by atoms with E-state index in [2.05, 4.69) is 10.2 Å². The summed E-state index contributed by atoms with van der Waals surface area (Å²) in [4.78, 5) is 28.5. The highest BCUT2D eigenvalue weighted by molar-refractivity contribution is 5.85. The molecule has 3 rings (SSSR count). The minimum Gasteiger partial charge on any atom is -0.399 e. The highest BCUT2D eigenvalue weighted by atomic mass is 35.5. The first kappa shape index (κ1) is 24.8. The van der Waals surface area contributed by atoms with Gasteiger partial charge in [-0.25, -0.2) is 0 Å². The Balaban J connectivity index is 0.00000210. The quantitative estimate of drug-likeness (QED) is 0.676. The van der Waals surface area contributed by atoms with Crippen LogP contribution in [-0.4, -0.2) is 54.3 Å². The van der Waals surface area contributed by atoms with Crippen LogP contribution in [0.3, 0.4) is 0 Å². The molecule has 1 aliphatic heterocycles. The van der Waals surface area contributed by atoms with Crippen LogP contribution in [0.15, 0.2) is 54.6 Å². The van der Waals surface area contributed by atoms with E-state index in [-0.39, 0.29) is 36.6 Å². The highest BCUT2D eigenvalue weighted by Gasteiger charge is 2.22. The first-order valence-electron chi connectivity index (χ1n) is 9.25. The van der Waals surface area contributed by atoms with E-state index in [0.29, 0.717) is 51.4 Å². The Bertz CT molecular complexity index is 764. The largest absolute Gasteiger partial charge is 0.399 e. The Kier molecular flexibility index (Phi) is 10.5. The monoisotopic (exact) mass is 438 g/mol. The maximum absolute atomic E-state index is 12.4. The average Bonchev–Trinajstić information content (AvgIpc) is 2.69. The SMILES string of the molecule is Cl.Cl.Nc1ccc(CC(=O)N2CCN(CC(=O)NCc3ccccc3)CC2)cc1. The molecule has 0 saturated carbocycles. The van der Waals surface area contributed by atoms with Gasteiger partial charge in [0, 0.05) is 38.4 Å². The van der Waals surface area contributed by atoms with E-state index in [1.165, 1.54) is 0 Å². The number of anilines is 1. The van der Waals surface area contributed by atoms with Crippen LogP contribution < -0.4 is 11.1 Å². The van der Waals surface area contributed by atoms with Gasteiger partial charge in [-0.1, -0.05) is 42.5 Å². The fourth-order valence-electron chi connectivity index (χ4n) is 3.13. The zero-order valence-electron chi connectivity index (χ0n) is 16.3. The second-order valence-corrected chi connectivity index (χ2v) is 6.84. The summed E-state index contributed by atoms with van der Waals surface area (Å²) in [6.07, 6.45) is 0.387. The topological polar surface area (TPSA) is 78.7 Å². The van der Waals surface area contributed by atoms with Crippen molar-refractivity contribution in [1.82, 2.24) is 15.1 Å². The van der Waals surface area contributed by atoms with E-state index in [9.17, 15) is 9.59 Å². The van der Waals surface area contributed by atoms with Crippen molar-refractivity contribution in [3.63, 3.8) is 0 Å². The molecule has 0 aromatic heterocycles. The van der Waals surface area contributed by atoms with Gasteiger partial charge in [0.2, 0.25) is 11.8 Å². The number of nitrogens with two attached hydrogens (primary N) is 1. The van der Waals surface area contributed by atoms with E-state index in [4.69, 9.17) is 5.73 Å². The van der Waals surface area contributed by atoms with E-state index in [0.717, 1.165) is 11.1 Å². The number of nitrogen functional groups attached to an aromatic ring is 1. The van der Waals surface area contributed by atoms with Crippen molar-refractivity contribution in [1.29, 1.82) is 0 Å². The molecule has 3 N–H and O–H groups in total. The number of hydrogen-bond donors (Lipinski definition) is 2. The maximum Gasteiger partial charge on any atom is 0.234 e. The third kappa shape index (κ3) is 7.93. The Labute approximate surface area is 184 Å². The highest BCUT2D eigenvalue weighted by Crippen LogP contribution is 2.09. The molecule has 6 nitrogen and oxygen atoms in total. The molecule has 29 heavy (non-hydrogen) atoms. The van der Waals surface area contributed by atoms with Crippen molar-refractivity contribution >= 4 is 42.3 Å². The van der Waals surface area contributed by atoms with Crippen LogP contribution in [0.2, 0.25) is 0 Å². The number of piperazine rings is 1. The number of benzene rings is 2. The Morgan fingerprint density at radius 3 is 2.10 bits per heavy atom. The van der Waals surface area contributed by atoms with E-state index >= 15 is 0 Å². The van der Waals surface area contributed by atoms with Crippen LogP contribution in [0.4, 0.5) is 5.69 Å². The predicted octanol–water partition coefficient (Wildman–Crippen LogP) is 2.12. The number of nitrogens with one attached hydrogen (secondary N) is 1. The lowest BCUT2D eigenvalue weighted by Crippen LogP contribution is -2.51. The molecule has 0 radical (unpaired) electrons. The van der Waals surface area contributed by atoms with E-state index < -0.39 is 0 Å². The van der Waals surface area contributed by atoms with Crippen molar-refractivity contribution in [3.05, 3.63) is 65.7 Å². The van der Waals surface area contributed by atoms with Gasteiger partial charge in [0.25, 0.3) is 0 Å². The van der Waals surface area contributed by atoms with Gasteiger partial charge < -0.3 is 16.0 Å². The molecule has 2 aromatic carbocycles. The van der Waals surface area contributed by atoms with Gasteiger partial charge >= 0.3 is 0 Å². The number of carbonyl (C=O) groups excluding carboxylic acids is 2. The van der Waals surface area contributed by atoms with E-state index in [1.807, 2.05) is 59.5 Å². The molecule has 1 heterocycles. The van der Waals surface area contributed by atoms with Crippen LogP contribution in [0.1, 0.15) is 11.1 Å². The molecule has 2 aromatic rings. The zero-order chi connectivity index (χ0) is 19.1. The second kappa shape index (κ2) is 12.3. The number of nitrogens with zero attached hydrogens (tertiary/aromatic N) is 2. The van der Waals surface area contributed by atoms with Gasteiger partial charge in [0.1, 0.15) is 0 Å². The molecular weight excluding hydrogens is 411 g/mol. The molecule has 158 valence electrons. The fraction of sp³-hybridized carbons (Fsp3) is 0.333. The maximum atomic E-state index is 12.4. The van der Waals surface area contributed by atoms with Gasteiger partial charge in [-0.05, 0) is 23.3 Å². The summed E-state index contributed by atoms with van der Waals surface area (Å²) >= 11 is 0. The summed E-state index contributed by atoms with van der Waals surface area (Å²) in [5.74, 6) is 0.133. The summed E-state index contributed by atoms with van der Waals surface area (Å²) < 4.78 is 0. The van der Waals surface area contributed by atoms with Gasteiger partial charge in [0.05, 0.1) is 13.0 Å². The first-order valence-corrected chi connectivity index (χ1v) is 9.25. The number of rotatable bonds is 6. The number of carbonyl (C=O) groups is 2. The van der Waals surface area contributed by atoms with Crippen LogP contribution in [0, 0.1) is 0 Å². The minimum atomic E-state index is 0. The summed E-state index contributed by atoms with van der Waals surface area (Å²) in [6, 6.07) is 17.3. The van der Waals surface area contributed by atoms with Crippen LogP contribution >= 0.6 is 24.8 Å². The lowest BCUT2D eigenvalue weighted by Gasteiger charge is -2.34. The molecule has 1 aliphatic rings. The second-order valence-electron chi connectivity index (χ2n) is 6.84. The summed E-state index contributed by atoms with van der Waals surface area (Å²) in [6.45, 7) is 3.64. The Morgan fingerprint density at radius 1 is 0.862 bits per heavy atom. The molecule has 0 spiro atoms. The van der Waals surface area contributed by atoms with Gasteiger partial charge in [-0.2, -0.15) is 0 Å². The van der Waals surface area contributed by atoms with Crippen molar-refractivity contribution < 1.29 is 9.59 Å². The van der Waals surface area contributed by atoms with Crippen molar-refractivity contribution in [2.45, 2.75) is 13.0 Å². The summed E-state index contributed by atoms with van der Waals surface area (Å²) in [5.41, 5.74) is 8.43. The fourth-order valence-corrected chi connectivity index (χ4v) is 3.13. The number of amides is 2. The number of halogens is 2. The lowest BCUT2D eigenvalue weighted by molar-refractivity contribution is -0.132. The number of hydrogen-bond acceptors (Lipinski definition) is 4. The first-order chi connectivity index (χ1) is 13.1. The third-order valence-electron chi connectivity index (χ3n) is 4.76. The van der Waals surface area contributed by atoms with Crippen LogP contribution in [0.25, 0.3) is 0 Å². The average molecular weight is 439 g/mol. The van der Waals surface area contributed by atoms with Crippen LogP contribution in [0.5, 0.6) is 0 Å². The van der Waals surface area contributed by atoms with Gasteiger partial charge in [-0.3, -0.25) is 14.5 Å². The zero-order valence-corrected chi connectivity index (χ0v) is 17.9. The Hall–Kier alpha value is -2.28. The summed E-state index contributed by atoms with van der Waals surface area (Å²) in [5, 5.41) is 2.95. The van der Waals surface area contributed by atoms with Crippen molar-refractivity contribution in [2.24, 2.45) is 0 Å².